The van der Waals surface area contributed by atoms with E-state index in [0.717, 1.165) is 108 Å². The van der Waals surface area contributed by atoms with E-state index in [4.69, 9.17) is 37.0 Å². The first-order valence-electron chi connectivity index (χ1n) is 43.9. The fourth-order valence-corrected chi connectivity index (χ4v) is 14.7. The van der Waals surface area contributed by atoms with Crippen LogP contribution in [0.1, 0.15) is 447 Å². The summed E-state index contributed by atoms with van der Waals surface area (Å²) in [5, 5.41) is 10.7. The Hall–Kier alpha value is -1.94. The minimum Gasteiger partial charge on any atom is -0.462 e. The highest BCUT2D eigenvalue weighted by Crippen LogP contribution is 2.45. The molecule has 0 heterocycles. The van der Waals surface area contributed by atoms with Gasteiger partial charge in [-0.1, -0.05) is 395 Å². The molecule has 0 aromatic heterocycles. The van der Waals surface area contributed by atoms with Gasteiger partial charge in [-0.15, -0.1) is 0 Å². The van der Waals surface area contributed by atoms with Crippen molar-refractivity contribution < 1.29 is 80.2 Å². The van der Waals surface area contributed by atoms with Gasteiger partial charge in [-0.3, -0.25) is 37.3 Å². The number of carbonyl (C=O) groups excluding carboxylic acids is 4. The summed E-state index contributed by atoms with van der Waals surface area (Å²) in [4.78, 5) is 73.2. The summed E-state index contributed by atoms with van der Waals surface area (Å²) in [5.74, 6) is 0.310. The van der Waals surface area contributed by atoms with E-state index in [9.17, 15) is 43.2 Å². The maximum Gasteiger partial charge on any atom is 0.472 e. The van der Waals surface area contributed by atoms with Crippen molar-refractivity contribution in [1.82, 2.24) is 0 Å². The topological polar surface area (TPSA) is 237 Å². The van der Waals surface area contributed by atoms with E-state index in [2.05, 4.69) is 48.5 Å². The Labute approximate surface area is 638 Å². The van der Waals surface area contributed by atoms with Crippen LogP contribution in [0.15, 0.2) is 0 Å². The second-order valence-electron chi connectivity index (χ2n) is 31.8. The lowest BCUT2D eigenvalue weighted by molar-refractivity contribution is -0.161. The van der Waals surface area contributed by atoms with Crippen molar-refractivity contribution in [3.05, 3.63) is 0 Å². The summed E-state index contributed by atoms with van der Waals surface area (Å²) in [6, 6.07) is 0. The molecular formula is C85H166O17P2. The van der Waals surface area contributed by atoms with Gasteiger partial charge in [0.05, 0.1) is 26.4 Å². The zero-order valence-electron chi connectivity index (χ0n) is 68.5. The largest absolute Gasteiger partial charge is 0.472 e. The Morgan fingerprint density at radius 2 is 0.490 bits per heavy atom. The molecule has 0 saturated carbocycles. The molecule has 0 amide bonds. The number of hydrogen-bond donors (Lipinski definition) is 3. The van der Waals surface area contributed by atoms with Gasteiger partial charge in [0.2, 0.25) is 0 Å². The van der Waals surface area contributed by atoms with Crippen molar-refractivity contribution >= 4 is 39.5 Å². The molecule has 0 fully saturated rings. The van der Waals surface area contributed by atoms with Crippen LogP contribution in [0.3, 0.4) is 0 Å². The lowest BCUT2D eigenvalue weighted by Gasteiger charge is -2.21. The van der Waals surface area contributed by atoms with Crippen molar-refractivity contribution in [3.8, 4) is 0 Å². The summed E-state index contributed by atoms with van der Waals surface area (Å²) in [6.45, 7) is 12.0. The summed E-state index contributed by atoms with van der Waals surface area (Å²) in [7, 11) is -9.93. The molecule has 0 aromatic rings. The van der Waals surface area contributed by atoms with Crippen LogP contribution in [-0.4, -0.2) is 96.7 Å². The second-order valence-corrected chi connectivity index (χ2v) is 34.7. The van der Waals surface area contributed by atoms with Crippen LogP contribution >= 0.6 is 15.6 Å². The van der Waals surface area contributed by atoms with Crippen LogP contribution in [0.2, 0.25) is 0 Å². The third-order valence-corrected chi connectivity index (χ3v) is 22.1. The highest BCUT2D eigenvalue weighted by molar-refractivity contribution is 7.47. The van der Waals surface area contributed by atoms with E-state index in [-0.39, 0.29) is 25.7 Å². The molecule has 618 valence electrons. The van der Waals surface area contributed by atoms with Gasteiger partial charge >= 0.3 is 39.5 Å². The van der Waals surface area contributed by atoms with Crippen molar-refractivity contribution in [1.29, 1.82) is 0 Å². The van der Waals surface area contributed by atoms with Crippen molar-refractivity contribution in [3.63, 3.8) is 0 Å². The van der Waals surface area contributed by atoms with E-state index in [1.165, 1.54) is 257 Å². The average molecular weight is 1520 g/mol. The molecule has 104 heavy (non-hydrogen) atoms. The lowest BCUT2D eigenvalue weighted by atomic mass is 9.99. The van der Waals surface area contributed by atoms with E-state index >= 15 is 0 Å². The minimum atomic E-state index is -4.97. The van der Waals surface area contributed by atoms with Crippen molar-refractivity contribution in [2.75, 3.05) is 39.6 Å². The van der Waals surface area contributed by atoms with Crippen LogP contribution in [0.4, 0.5) is 0 Å². The monoisotopic (exact) mass is 1520 g/mol. The van der Waals surface area contributed by atoms with Gasteiger partial charge in [0.1, 0.15) is 19.3 Å². The minimum absolute atomic E-state index is 0.107. The Kier molecular flexibility index (Phi) is 73.7. The standard InChI is InChI=1S/C85H166O17P2/c1-8-10-11-12-13-14-15-24-32-39-47-54-61-68-84(89)102-81(73-96-83(88)67-60-53-46-41-34-36-43-50-57-64-77(5)6)75-100-104(93,94)98-71-79(86)70-97-103(91,92)99-74-80(72-95-82(87)66-59-52-45-38-31-27-23-22-26-30-37-44-51-58-65-78(7)9-2)101-85(90)69-62-55-48-40-33-28-21-19-17-16-18-20-25-29-35-42-49-56-63-76(3)4/h76-81,86H,8-75H2,1-7H3,(H,91,92)(H,93,94)/t78?,79-,80-,81-/m1/s1. The van der Waals surface area contributed by atoms with Crippen LogP contribution < -0.4 is 0 Å². The Balaban J connectivity index is 5.24. The van der Waals surface area contributed by atoms with Crippen molar-refractivity contribution in [2.24, 2.45) is 17.8 Å². The molecule has 0 radical (unpaired) electrons. The fourth-order valence-electron chi connectivity index (χ4n) is 13.2. The number of unbranched alkanes of at least 4 members (excludes halogenated alkanes) is 50. The van der Waals surface area contributed by atoms with Crippen molar-refractivity contribution in [2.45, 2.75) is 465 Å². The number of aliphatic hydroxyl groups excluding tert-OH is 1. The number of ether oxygens (including phenoxy) is 4. The smallest absolute Gasteiger partial charge is 0.462 e. The second kappa shape index (κ2) is 75.1. The first-order valence-corrected chi connectivity index (χ1v) is 46.9. The molecule has 3 unspecified atom stereocenters. The van der Waals surface area contributed by atoms with Gasteiger partial charge in [-0.25, -0.2) is 9.13 Å². The first-order chi connectivity index (χ1) is 50.3. The van der Waals surface area contributed by atoms with Gasteiger partial charge in [0.25, 0.3) is 0 Å². The van der Waals surface area contributed by atoms with Crippen LogP contribution in [0.5, 0.6) is 0 Å². The predicted octanol–water partition coefficient (Wildman–Crippen LogP) is 25.7. The summed E-state index contributed by atoms with van der Waals surface area (Å²) in [6.07, 6.45) is 65.1. The number of rotatable bonds is 83. The van der Waals surface area contributed by atoms with E-state index in [1.54, 1.807) is 0 Å². The highest BCUT2D eigenvalue weighted by Gasteiger charge is 2.30. The molecule has 19 heteroatoms. The Morgan fingerprint density at radius 1 is 0.279 bits per heavy atom. The zero-order valence-corrected chi connectivity index (χ0v) is 70.3. The molecule has 0 rings (SSSR count). The molecular weight excluding hydrogens is 1350 g/mol. The number of hydrogen-bond acceptors (Lipinski definition) is 15. The number of aliphatic hydroxyl groups is 1. The molecule has 0 bridgehead atoms. The number of esters is 4. The number of phosphoric acid groups is 2. The quantitative estimate of drug-likeness (QED) is 0.0222. The van der Waals surface area contributed by atoms with Gasteiger partial charge in [-0.2, -0.15) is 0 Å². The van der Waals surface area contributed by atoms with Crippen LogP contribution in [0, 0.1) is 17.8 Å². The molecule has 0 aliphatic heterocycles. The number of carbonyl (C=O) groups is 4. The summed E-state index contributed by atoms with van der Waals surface area (Å²) in [5.41, 5.74) is 0. The van der Waals surface area contributed by atoms with Gasteiger partial charge in [-0.05, 0) is 43.4 Å². The molecule has 17 nitrogen and oxygen atoms in total. The molecule has 0 spiro atoms. The van der Waals surface area contributed by atoms with Gasteiger partial charge in [0.15, 0.2) is 12.2 Å². The predicted molar refractivity (Wildman–Crippen MR) is 428 cm³/mol. The molecule has 0 saturated heterocycles. The number of phosphoric ester groups is 2. The Bertz CT molecular complexity index is 2010. The van der Waals surface area contributed by atoms with Gasteiger partial charge in [0, 0.05) is 25.7 Å². The normalized spacial score (nSPS) is 14.2. The summed E-state index contributed by atoms with van der Waals surface area (Å²) < 4.78 is 68.9. The SMILES string of the molecule is CCCCCCCCCCCCCCCC(=O)O[C@H](COC(=O)CCCCCCCCCCCC(C)C)COP(=O)(O)OC[C@H](O)COP(=O)(O)OC[C@@H](COC(=O)CCCCCCCCCCCCCCCCC(C)CC)OC(=O)CCCCCCCCCCCCCCCCCCCCC(C)C. The maximum absolute atomic E-state index is 13.1. The molecule has 6 atom stereocenters. The maximum atomic E-state index is 13.1. The molecule has 0 aliphatic rings. The lowest BCUT2D eigenvalue weighted by Crippen LogP contribution is -2.30. The van der Waals surface area contributed by atoms with E-state index in [0.29, 0.717) is 25.7 Å². The molecule has 0 aromatic carbocycles. The van der Waals surface area contributed by atoms with Gasteiger partial charge < -0.3 is 33.8 Å². The highest BCUT2D eigenvalue weighted by atomic mass is 31.2. The average Bonchev–Trinajstić information content (AvgIpc) is 0.922. The Morgan fingerprint density at radius 3 is 0.731 bits per heavy atom. The molecule has 3 N–H and O–H groups in total. The third-order valence-electron chi connectivity index (χ3n) is 20.2. The third kappa shape index (κ3) is 76.8. The fraction of sp³-hybridized carbons (Fsp3) is 0.953. The summed E-state index contributed by atoms with van der Waals surface area (Å²) >= 11 is 0. The zero-order chi connectivity index (χ0) is 76.5. The van der Waals surface area contributed by atoms with E-state index < -0.39 is 97.5 Å². The molecule has 0 aliphatic carbocycles. The van der Waals surface area contributed by atoms with Crippen LogP contribution in [0.25, 0.3) is 0 Å². The first kappa shape index (κ1) is 102. The van der Waals surface area contributed by atoms with E-state index in [1.807, 2.05) is 0 Å². The van der Waals surface area contributed by atoms with Crippen LogP contribution in [-0.2, 0) is 65.4 Å².